The molecule has 0 atom stereocenters. The van der Waals surface area contributed by atoms with E-state index in [0.717, 1.165) is 62.9 Å². The van der Waals surface area contributed by atoms with Gasteiger partial charge >= 0.3 is 0 Å². The summed E-state index contributed by atoms with van der Waals surface area (Å²) >= 11 is 0. The molecule has 2 heterocycles. The molecule has 0 saturated carbocycles. The number of guanidine groups is 1. The van der Waals surface area contributed by atoms with Gasteiger partial charge in [-0.1, -0.05) is 0 Å². The van der Waals surface area contributed by atoms with Crippen molar-refractivity contribution in [1.29, 1.82) is 0 Å². The second-order valence-corrected chi connectivity index (χ2v) is 8.00. The van der Waals surface area contributed by atoms with Crippen LogP contribution in [-0.4, -0.2) is 29.1 Å². The number of nitrogens with zero attached hydrogens (tertiary/aromatic N) is 1. The average Bonchev–Trinajstić information content (AvgIpc) is 3.35. The number of rotatable bonds is 7. The van der Waals surface area contributed by atoms with E-state index in [2.05, 4.69) is 20.4 Å². The normalized spacial score (nSPS) is 12.4. The zero-order valence-corrected chi connectivity index (χ0v) is 17.8. The summed E-state index contributed by atoms with van der Waals surface area (Å²) in [6.45, 7) is 1.06. The van der Waals surface area contributed by atoms with Crippen LogP contribution in [0, 0.1) is 11.6 Å². The molecule has 0 spiro atoms. The number of ether oxygens (including phenoxy) is 1. The number of nitrogens with two attached hydrogens (primary N) is 2. The summed E-state index contributed by atoms with van der Waals surface area (Å²) in [5, 5.41) is 3.17. The summed E-state index contributed by atoms with van der Waals surface area (Å²) in [5.74, 6) is 5.41. The van der Waals surface area contributed by atoms with Gasteiger partial charge in [0.15, 0.2) is 5.75 Å². The Bertz CT molecular complexity index is 1410. The van der Waals surface area contributed by atoms with Crippen LogP contribution in [-0.2, 0) is 0 Å². The van der Waals surface area contributed by atoms with E-state index in [9.17, 15) is 8.78 Å². The highest BCUT2D eigenvalue weighted by Crippen LogP contribution is 2.41. The number of benzene rings is 3. The molecule has 3 aromatic carbocycles. The van der Waals surface area contributed by atoms with Gasteiger partial charge in [0.05, 0.1) is 17.6 Å². The standard InChI is InChI=1S/C24H24F2N6O/c25-13-4-6-19-15(10-13)17-12-18-16-11-14(26)5-7-20(16)31-22(18)23(21(17)30-19)33-9-3-1-2-8-29-24(27)32-28/h4-7,10-12,30-31H,1-3,8-9,28H2,(H3,27,29,32). The number of nitrogens with one attached hydrogen (secondary N) is 3. The van der Waals surface area contributed by atoms with Crippen LogP contribution in [0.4, 0.5) is 8.78 Å². The van der Waals surface area contributed by atoms with Gasteiger partial charge in [-0.2, -0.15) is 0 Å². The number of H-pyrrole nitrogens is 2. The van der Waals surface area contributed by atoms with Crippen molar-refractivity contribution in [3.05, 3.63) is 54.1 Å². The van der Waals surface area contributed by atoms with Crippen molar-refractivity contribution in [2.75, 3.05) is 13.2 Å². The quantitative estimate of drug-likeness (QED) is 0.0821. The summed E-state index contributed by atoms with van der Waals surface area (Å²) in [5.41, 5.74) is 11.0. The molecule has 0 saturated heterocycles. The first kappa shape index (κ1) is 21.0. The number of hydrogen-bond acceptors (Lipinski definition) is 3. The molecule has 9 heteroatoms. The van der Waals surface area contributed by atoms with E-state index in [1.807, 2.05) is 6.07 Å². The molecule has 0 unspecified atom stereocenters. The van der Waals surface area contributed by atoms with Crippen LogP contribution in [0.3, 0.4) is 0 Å². The topological polar surface area (TPSA) is 117 Å². The molecule has 7 N–H and O–H groups in total. The predicted molar refractivity (Wildman–Crippen MR) is 128 cm³/mol. The molecule has 0 amide bonds. The highest BCUT2D eigenvalue weighted by Gasteiger charge is 2.18. The van der Waals surface area contributed by atoms with E-state index >= 15 is 0 Å². The van der Waals surface area contributed by atoms with Crippen LogP contribution >= 0.6 is 0 Å². The lowest BCUT2D eigenvalue weighted by Crippen LogP contribution is -2.37. The fourth-order valence-electron chi connectivity index (χ4n) is 4.25. The van der Waals surface area contributed by atoms with Gasteiger partial charge in [-0.3, -0.25) is 10.4 Å². The first-order valence-corrected chi connectivity index (χ1v) is 10.8. The van der Waals surface area contributed by atoms with Crippen LogP contribution in [0.5, 0.6) is 5.75 Å². The van der Waals surface area contributed by atoms with E-state index in [0.29, 0.717) is 18.9 Å². The van der Waals surface area contributed by atoms with Crippen LogP contribution in [0.1, 0.15) is 19.3 Å². The molecule has 0 aliphatic carbocycles. The monoisotopic (exact) mass is 450 g/mol. The molecular formula is C24H24F2N6O. The third-order valence-corrected chi connectivity index (χ3v) is 5.82. The minimum Gasteiger partial charge on any atom is -0.489 e. The van der Waals surface area contributed by atoms with Crippen LogP contribution in [0.2, 0.25) is 0 Å². The summed E-state index contributed by atoms with van der Waals surface area (Å²) in [6, 6.07) is 11.2. The summed E-state index contributed by atoms with van der Waals surface area (Å²) in [6.07, 6.45) is 2.56. The van der Waals surface area contributed by atoms with Gasteiger partial charge in [-0.25, -0.2) is 14.6 Å². The molecule has 5 rings (SSSR count). The first-order valence-electron chi connectivity index (χ1n) is 10.8. The number of hydrogen-bond donors (Lipinski definition) is 5. The number of hydrazine groups is 1. The lowest BCUT2D eigenvalue weighted by molar-refractivity contribution is 0.311. The van der Waals surface area contributed by atoms with Gasteiger partial charge in [0.1, 0.15) is 11.6 Å². The molecule has 5 aromatic rings. The number of aliphatic imine (C=N–C) groups is 1. The Hall–Kier alpha value is -3.85. The molecule has 7 nitrogen and oxygen atoms in total. The lowest BCUT2D eigenvalue weighted by Gasteiger charge is -2.09. The highest BCUT2D eigenvalue weighted by atomic mass is 19.1. The van der Waals surface area contributed by atoms with Crippen molar-refractivity contribution in [3.8, 4) is 5.75 Å². The Kier molecular flexibility index (Phi) is 5.47. The molecule has 33 heavy (non-hydrogen) atoms. The molecule has 0 fully saturated rings. The van der Waals surface area contributed by atoms with Crippen molar-refractivity contribution in [2.24, 2.45) is 16.6 Å². The molecule has 170 valence electrons. The third kappa shape index (κ3) is 3.91. The maximum Gasteiger partial charge on any atom is 0.203 e. The summed E-state index contributed by atoms with van der Waals surface area (Å²) < 4.78 is 34.3. The number of halogens is 2. The predicted octanol–water partition coefficient (Wildman–Crippen LogP) is 4.56. The van der Waals surface area contributed by atoms with Crippen molar-refractivity contribution in [1.82, 2.24) is 15.4 Å². The fourth-order valence-corrected chi connectivity index (χ4v) is 4.25. The Morgan fingerprint density at radius 2 is 1.45 bits per heavy atom. The number of unbranched alkanes of at least 4 members (excludes halogenated alkanes) is 2. The Morgan fingerprint density at radius 3 is 2.03 bits per heavy atom. The maximum atomic E-state index is 14.0. The third-order valence-electron chi connectivity index (χ3n) is 5.82. The average molecular weight is 450 g/mol. The van der Waals surface area contributed by atoms with Crippen molar-refractivity contribution in [2.45, 2.75) is 19.3 Å². The van der Waals surface area contributed by atoms with Gasteiger partial charge in [0.2, 0.25) is 5.96 Å². The van der Waals surface area contributed by atoms with Crippen LogP contribution < -0.4 is 21.7 Å². The van der Waals surface area contributed by atoms with E-state index in [1.54, 1.807) is 12.1 Å². The van der Waals surface area contributed by atoms with E-state index in [1.165, 1.54) is 24.3 Å². The van der Waals surface area contributed by atoms with Gasteiger partial charge < -0.3 is 20.4 Å². The van der Waals surface area contributed by atoms with Crippen LogP contribution in [0.25, 0.3) is 43.6 Å². The number of aromatic amines is 2. The summed E-state index contributed by atoms with van der Waals surface area (Å²) in [7, 11) is 0. The van der Waals surface area contributed by atoms with Gasteiger partial charge in [0, 0.05) is 39.1 Å². The Labute approximate surface area is 187 Å². The Balaban J connectivity index is 1.52. The minimum atomic E-state index is -0.316. The number of aromatic nitrogens is 2. The SMILES string of the molecule is NNC(N)=NCCCCCOc1c2[nH]c3ccc(F)cc3c2cc2c1[nH]c1ccc(F)cc12. The minimum absolute atomic E-state index is 0.214. The molecule has 0 aliphatic rings. The molecule has 0 radical (unpaired) electrons. The molecular weight excluding hydrogens is 426 g/mol. The largest absolute Gasteiger partial charge is 0.489 e. The van der Waals surface area contributed by atoms with Crippen LogP contribution in [0.15, 0.2) is 47.5 Å². The van der Waals surface area contributed by atoms with E-state index in [-0.39, 0.29) is 17.6 Å². The smallest absolute Gasteiger partial charge is 0.203 e. The fraction of sp³-hybridized carbons (Fsp3) is 0.208. The van der Waals surface area contributed by atoms with Crippen molar-refractivity contribution in [3.63, 3.8) is 0 Å². The summed E-state index contributed by atoms with van der Waals surface area (Å²) in [4.78, 5) is 10.8. The Morgan fingerprint density at radius 1 is 0.848 bits per heavy atom. The zero-order valence-electron chi connectivity index (χ0n) is 17.8. The van der Waals surface area contributed by atoms with Gasteiger partial charge in [0.25, 0.3) is 0 Å². The highest BCUT2D eigenvalue weighted by molar-refractivity contribution is 6.20. The van der Waals surface area contributed by atoms with Gasteiger partial charge in [-0.15, -0.1) is 0 Å². The molecule has 2 aromatic heterocycles. The van der Waals surface area contributed by atoms with Crippen molar-refractivity contribution < 1.29 is 13.5 Å². The van der Waals surface area contributed by atoms with Gasteiger partial charge in [-0.05, 0) is 61.7 Å². The van der Waals surface area contributed by atoms with E-state index in [4.69, 9.17) is 16.3 Å². The van der Waals surface area contributed by atoms with Crippen molar-refractivity contribution >= 4 is 49.6 Å². The lowest BCUT2D eigenvalue weighted by atomic mass is 10.1. The van der Waals surface area contributed by atoms with E-state index < -0.39 is 0 Å². The second kappa shape index (κ2) is 8.59. The zero-order chi connectivity index (χ0) is 22.9. The molecule has 0 bridgehead atoms. The number of fused-ring (bicyclic) bond motifs is 6. The first-order chi connectivity index (χ1) is 16.0. The maximum absolute atomic E-state index is 14.0. The second-order valence-electron chi connectivity index (χ2n) is 8.00. The molecule has 0 aliphatic heterocycles.